The molecular weight excluding hydrogens is 238 g/mol. The highest BCUT2D eigenvalue weighted by Gasteiger charge is 2.22. The van der Waals surface area contributed by atoms with E-state index in [1.54, 1.807) is 0 Å². The zero-order chi connectivity index (χ0) is 13.9. The number of aromatic carboxylic acids is 1. The van der Waals surface area contributed by atoms with Crippen LogP contribution in [-0.4, -0.2) is 26.5 Å². The van der Waals surface area contributed by atoms with Crippen LogP contribution in [0.5, 0.6) is 0 Å². The summed E-state index contributed by atoms with van der Waals surface area (Å²) in [6.07, 6.45) is 1.95. The van der Waals surface area contributed by atoms with Crippen molar-refractivity contribution in [3.05, 3.63) is 27.9 Å². The molecule has 1 rings (SSSR count). The number of nitrogens with zero attached hydrogens (tertiary/aromatic N) is 2. The van der Waals surface area contributed by atoms with Crippen LogP contribution in [0.3, 0.4) is 0 Å². The van der Waals surface area contributed by atoms with Gasteiger partial charge in [0.2, 0.25) is 0 Å². The summed E-state index contributed by atoms with van der Waals surface area (Å²) in [6.45, 7) is 5.76. The molecule has 1 aromatic rings. The molecule has 0 aliphatic carbocycles. The Bertz CT molecular complexity index is 485. The van der Waals surface area contributed by atoms with E-state index in [2.05, 4.69) is 10.3 Å². The summed E-state index contributed by atoms with van der Waals surface area (Å²) in [4.78, 5) is 24.5. The number of hydrogen-bond acceptors (Lipinski definition) is 5. The largest absolute Gasteiger partial charge is 0.478 e. The van der Waals surface area contributed by atoms with Crippen molar-refractivity contribution in [2.24, 2.45) is 0 Å². The summed E-state index contributed by atoms with van der Waals surface area (Å²) in [6, 6.07) is 0.955. The van der Waals surface area contributed by atoms with Crippen LogP contribution in [0.15, 0.2) is 12.3 Å². The lowest BCUT2D eigenvalue weighted by atomic mass is 10.0. The van der Waals surface area contributed by atoms with Crippen LogP contribution in [0, 0.1) is 10.1 Å². The van der Waals surface area contributed by atoms with Crippen LogP contribution < -0.4 is 5.32 Å². The molecule has 0 aromatic carbocycles. The van der Waals surface area contributed by atoms with E-state index >= 15 is 0 Å². The molecular formula is C11H15N3O4. The third kappa shape index (κ3) is 3.16. The zero-order valence-electron chi connectivity index (χ0n) is 10.4. The monoisotopic (exact) mass is 253 g/mol. The number of rotatable bonds is 5. The summed E-state index contributed by atoms with van der Waals surface area (Å²) in [5.74, 6) is -1.71. The van der Waals surface area contributed by atoms with Crippen LogP contribution in [0.1, 0.15) is 37.6 Å². The molecule has 0 bridgehead atoms. The highest BCUT2D eigenvalue weighted by molar-refractivity contribution is 5.94. The van der Waals surface area contributed by atoms with Gasteiger partial charge in [0.25, 0.3) is 0 Å². The first-order valence-electron chi connectivity index (χ1n) is 5.42. The van der Waals surface area contributed by atoms with Gasteiger partial charge in [0.1, 0.15) is 0 Å². The molecule has 0 aliphatic heterocycles. The average molecular weight is 253 g/mol. The topological polar surface area (TPSA) is 105 Å². The number of nitro groups is 1. The molecule has 98 valence electrons. The Morgan fingerprint density at radius 1 is 1.61 bits per heavy atom. The maximum Gasteiger partial charge on any atom is 0.364 e. The summed E-state index contributed by atoms with van der Waals surface area (Å²) in [5, 5.41) is 22.6. The lowest BCUT2D eigenvalue weighted by Crippen LogP contribution is -2.30. The van der Waals surface area contributed by atoms with Crippen LogP contribution in [0.4, 0.5) is 11.5 Å². The molecule has 0 amide bonds. The molecule has 0 atom stereocenters. The maximum atomic E-state index is 11.1. The number of carbonyl (C=O) groups is 1. The Balaban J connectivity index is 3.20. The minimum absolute atomic E-state index is 0.154. The first-order valence-corrected chi connectivity index (χ1v) is 5.42. The molecule has 0 spiro atoms. The van der Waals surface area contributed by atoms with Gasteiger partial charge in [-0.3, -0.25) is 0 Å². The summed E-state index contributed by atoms with van der Waals surface area (Å²) >= 11 is 0. The zero-order valence-corrected chi connectivity index (χ0v) is 10.4. The highest BCUT2D eigenvalue weighted by atomic mass is 16.6. The van der Waals surface area contributed by atoms with Gasteiger partial charge < -0.3 is 20.5 Å². The third-order valence-corrected chi connectivity index (χ3v) is 2.66. The van der Waals surface area contributed by atoms with Crippen molar-refractivity contribution >= 4 is 17.5 Å². The average Bonchev–Trinajstić information content (AvgIpc) is 2.28. The lowest BCUT2D eigenvalue weighted by molar-refractivity contribution is -0.389. The molecule has 2 N–H and O–H groups in total. The quantitative estimate of drug-likeness (QED) is 0.616. The highest BCUT2D eigenvalue weighted by Crippen LogP contribution is 2.24. The van der Waals surface area contributed by atoms with Gasteiger partial charge in [-0.05, 0) is 30.2 Å². The van der Waals surface area contributed by atoms with Crippen molar-refractivity contribution in [1.29, 1.82) is 0 Å². The first kappa shape index (κ1) is 13.9. The van der Waals surface area contributed by atoms with Crippen molar-refractivity contribution in [2.45, 2.75) is 32.7 Å². The van der Waals surface area contributed by atoms with Crippen LogP contribution in [0.2, 0.25) is 0 Å². The fraction of sp³-hybridized carbons (Fsp3) is 0.455. The molecule has 18 heavy (non-hydrogen) atoms. The molecule has 0 aliphatic rings. The van der Waals surface area contributed by atoms with Gasteiger partial charge in [0.05, 0.1) is 17.3 Å². The van der Waals surface area contributed by atoms with Crippen molar-refractivity contribution in [3.63, 3.8) is 0 Å². The third-order valence-electron chi connectivity index (χ3n) is 2.66. The van der Waals surface area contributed by atoms with Gasteiger partial charge in [-0.15, -0.1) is 0 Å². The second kappa shape index (κ2) is 4.99. The molecule has 0 saturated carbocycles. The Labute approximate surface area is 104 Å². The van der Waals surface area contributed by atoms with Crippen molar-refractivity contribution in [3.8, 4) is 0 Å². The Morgan fingerprint density at radius 2 is 2.22 bits per heavy atom. The smallest absolute Gasteiger partial charge is 0.364 e. The standard InChI is InChI=1S/C11H15N3O4/c1-4-11(2,3)13-8-6-12-9(14(17)18)5-7(8)10(15)16/h5-6,13H,4H2,1-3H3,(H,15,16). The molecule has 0 radical (unpaired) electrons. The number of pyridine rings is 1. The fourth-order valence-corrected chi connectivity index (χ4v) is 1.27. The number of nitrogens with one attached hydrogen (secondary N) is 1. The van der Waals surface area contributed by atoms with Crippen LogP contribution >= 0.6 is 0 Å². The van der Waals surface area contributed by atoms with E-state index in [0.29, 0.717) is 0 Å². The molecule has 1 aromatic heterocycles. The van der Waals surface area contributed by atoms with E-state index in [0.717, 1.165) is 12.5 Å². The Morgan fingerprint density at radius 3 is 2.67 bits per heavy atom. The van der Waals surface area contributed by atoms with E-state index in [9.17, 15) is 14.9 Å². The molecule has 1 heterocycles. The Kier molecular flexibility index (Phi) is 3.85. The molecule has 7 nitrogen and oxygen atoms in total. The fourth-order valence-electron chi connectivity index (χ4n) is 1.27. The molecule has 0 unspecified atom stereocenters. The minimum Gasteiger partial charge on any atom is -0.478 e. The number of hydrogen-bond donors (Lipinski definition) is 2. The molecule has 0 fully saturated rings. The molecule has 0 saturated heterocycles. The first-order chi connectivity index (χ1) is 8.26. The predicted octanol–water partition coefficient (Wildman–Crippen LogP) is 2.29. The van der Waals surface area contributed by atoms with Crippen LogP contribution in [0.25, 0.3) is 0 Å². The predicted molar refractivity (Wildman–Crippen MR) is 65.8 cm³/mol. The van der Waals surface area contributed by atoms with E-state index in [-0.39, 0.29) is 16.8 Å². The van der Waals surface area contributed by atoms with Crippen molar-refractivity contribution in [2.75, 3.05) is 5.32 Å². The second-order valence-corrected chi connectivity index (χ2v) is 4.51. The van der Waals surface area contributed by atoms with Gasteiger partial charge in [-0.1, -0.05) is 6.92 Å². The number of aromatic nitrogens is 1. The normalized spacial score (nSPS) is 11.1. The maximum absolute atomic E-state index is 11.1. The Hall–Kier alpha value is -2.18. The lowest BCUT2D eigenvalue weighted by Gasteiger charge is -2.25. The van der Waals surface area contributed by atoms with E-state index < -0.39 is 16.7 Å². The van der Waals surface area contributed by atoms with E-state index in [1.165, 1.54) is 6.20 Å². The number of carboxylic acids is 1. The summed E-state index contributed by atoms with van der Waals surface area (Å²) in [7, 11) is 0. The van der Waals surface area contributed by atoms with E-state index in [4.69, 9.17) is 5.11 Å². The number of carboxylic acid groups (broad SMARTS) is 1. The van der Waals surface area contributed by atoms with E-state index in [1.807, 2.05) is 20.8 Å². The van der Waals surface area contributed by atoms with Crippen LogP contribution in [-0.2, 0) is 0 Å². The van der Waals surface area contributed by atoms with Gasteiger partial charge in [-0.25, -0.2) is 4.79 Å². The van der Waals surface area contributed by atoms with Gasteiger partial charge in [0.15, 0.2) is 6.20 Å². The molecule has 7 heteroatoms. The van der Waals surface area contributed by atoms with Gasteiger partial charge in [0, 0.05) is 5.54 Å². The second-order valence-electron chi connectivity index (χ2n) is 4.51. The SMILES string of the molecule is CCC(C)(C)Nc1cnc([N+](=O)[O-])cc1C(=O)O. The summed E-state index contributed by atoms with van der Waals surface area (Å²) < 4.78 is 0. The van der Waals surface area contributed by atoms with Gasteiger partial charge in [-0.2, -0.15) is 0 Å². The summed E-state index contributed by atoms with van der Waals surface area (Å²) in [5.41, 5.74) is -0.194. The van der Waals surface area contributed by atoms with Gasteiger partial charge >= 0.3 is 11.8 Å². The number of anilines is 1. The van der Waals surface area contributed by atoms with Crippen molar-refractivity contribution < 1.29 is 14.8 Å². The minimum atomic E-state index is -1.23. The van der Waals surface area contributed by atoms with Crippen molar-refractivity contribution in [1.82, 2.24) is 4.98 Å².